The second-order valence-electron chi connectivity index (χ2n) is 7.72. The van der Waals surface area contributed by atoms with Crippen LogP contribution in [0.25, 0.3) is 11.0 Å². The minimum absolute atomic E-state index is 0.121. The third-order valence-electron chi connectivity index (χ3n) is 5.66. The molecular weight excluding hydrogens is 326 g/mol. The Morgan fingerprint density at radius 1 is 1.27 bits per heavy atom. The minimum Gasteiger partial charge on any atom is -0.382 e. The Morgan fingerprint density at radius 2 is 2.00 bits per heavy atom. The van der Waals surface area contributed by atoms with E-state index < -0.39 is 0 Å². The number of hydrogen-bond donors (Lipinski definition) is 1. The second-order valence-corrected chi connectivity index (χ2v) is 7.72. The van der Waals surface area contributed by atoms with Crippen molar-refractivity contribution >= 4 is 22.9 Å². The first kappa shape index (κ1) is 17.5. The summed E-state index contributed by atoms with van der Waals surface area (Å²) in [7, 11) is 0. The summed E-state index contributed by atoms with van der Waals surface area (Å²) < 4.78 is 7.58. The number of rotatable bonds is 10. The molecule has 1 heterocycles. The van der Waals surface area contributed by atoms with E-state index in [-0.39, 0.29) is 5.91 Å². The van der Waals surface area contributed by atoms with Gasteiger partial charge in [0.2, 0.25) is 11.9 Å². The van der Waals surface area contributed by atoms with Crippen molar-refractivity contribution < 1.29 is 9.53 Å². The monoisotopic (exact) mass is 355 g/mol. The highest BCUT2D eigenvalue weighted by molar-refractivity contribution is 5.91. The molecule has 0 aliphatic heterocycles. The van der Waals surface area contributed by atoms with Gasteiger partial charge >= 0.3 is 0 Å². The van der Waals surface area contributed by atoms with Gasteiger partial charge in [-0.3, -0.25) is 10.1 Å². The van der Waals surface area contributed by atoms with Crippen LogP contribution in [0.15, 0.2) is 24.3 Å². The fourth-order valence-electron chi connectivity index (χ4n) is 4.02. The smallest absolute Gasteiger partial charge is 0.226 e. The van der Waals surface area contributed by atoms with Gasteiger partial charge in [-0.2, -0.15) is 0 Å². The molecule has 1 N–H and O–H groups in total. The zero-order valence-corrected chi connectivity index (χ0v) is 15.6. The average Bonchev–Trinajstić information content (AvgIpc) is 3.54. The van der Waals surface area contributed by atoms with Gasteiger partial charge in [-0.05, 0) is 68.9 Å². The molecule has 26 heavy (non-hydrogen) atoms. The van der Waals surface area contributed by atoms with Gasteiger partial charge in [0.15, 0.2) is 0 Å². The molecule has 2 fully saturated rings. The highest BCUT2D eigenvalue weighted by Crippen LogP contribution is 2.50. The van der Waals surface area contributed by atoms with Crippen molar-refractivity contribution in [3.05, 3.63) is 24.3 Å². The molecule has 5 heteroatoms. The third-order valence-corrected chi connectivity index (χ3v) is 5.66. The van der Waals surface area contributed by atoms with Gasteiger partial charge in [0, 0.05) is 26.2 Å². The molecule has 0 radical (unpaired) electrons. The Hall–Kier alpha value is -1.88. The highest BCUT2D eigenvalue weighted by Gasteiger charge is 2.42. The molecule has 0 atom stereocenters. The normalized spacial score (nSPS) is 17.2. The molecule has 2 aromatic rings. The fourth-order valence-corrected chi connectivity index (χ4v) is 4.02. The van der Waals surface area contributed by atoms with Crippen LogP contribution in [0.5, 0.6) is 0 Å². The number of ether oxygens (including phenoxy) is 1. The molecule has 5 nitrogen and oxygen atoms in total. The van der Waals surface area contributed by atoms with E-state index in [1.165, 1.54) is 25.7 Å². The van der Waals surface area contributed by atoms with Crippen molar-refractivity contribution in [2.24, 2.45) is 17.8 Å². The molecule has 2 saturated carbocycles. The van der Waals surface area contributed by atoms with Crippen molar-refractivity contribution in [1.29, 1.82) is 0 Å². The van der Waals surface area contributed by atoms with Gasteiger partial charge in [0.05, 0.1) is 11.0 Å². The predicted octanol–water partition coefficient (Wildman–Crippen LogP) is 4.23. The topological polar surface area (TPSA) is 56.1 Å². The van der Waals surface area contributed by atoms with Crippen molar-refractivity contribution in [2.45, 2.75) is 52.0 Å². The molecule has 1 aromatic heterocycles. The van der Waals surface area contributed by atoms with Crippen LogP contribution in [-0.2, 0) is 16.1 Å². The van der Waals surface area contributed by atoms with Crippen LogP contribution in [0.2, 0.25) is 0 Å². The van der Waals surface area contributed by atoms with Gasteiger partial charge < -0.3 is 9.30 Å². The average molecular weight is 355 g/mol. The quantitative estimate of drug-likeness (QED) is 0.649. The largest absolute Gasteiger partial charge is 0.382 e. The van der Waals surface area contributed by atoms with Crippen LogP contribution in [0, 0.1) is 17.8 Å². The summed E-state index contributed by atoms with van der Waals surface area (Å²) in [5, 5.41) is 3.11. The lowest BCUT2D eigenvalue weighted by atomic mass is 9.94. The molecule has 2 aliphatic carbocycles. The number of benzene rings is 1. The Balaban J connectivity index is 1.46. The summed E-state index contributed by atoms with van der Waals surface area (Å²) >= 11 is 0. The lowest BCUT2D eigenvalue weighted by molar-refractivity contribution is -0.117. The van der Waals surface area contributed by atoms with Crippen LogP contribution in [-0.4, -0.2) is 28.7 Å². The molecular formula is C21H29N3O2. The Morgan fingerprint density at radius 3 is 2.69 bits per heavy atom. The van der Waals surface area contributed by atoms with E-state index in [0.29, 0.717) is 18.3 Å². The summed E-state index contributed by atoms with van der Waals surface area (Å²) in [6.45, 7) is 4.26. The number of imidazole rings is 1. The molecule has 140 valence electrons. The van der Waals surface area contributed by atoms with E-state index in [1.807, 2.05) is 25.1 Å². The first-order valence-electron chi connectivity index (χ1n) is 10.1. The maximum atomic E-state index is 12.7. The Kier molecular flexibility index (Phi) is 5.25. The number of hydrogen-bond acceptors (Lipinski definition) is 3. The van der Waals surface area contributed by atoms with Gasteiger partial charge in [0.25, 0.3) is 0 Å². The minimum atomic E-state index is 0.121. The lowest BCUT2D eigenvalue weighted by Crippen LogP contribution is -2.21. The van der Waals surface area contributed by atoms with E-state index in [4.69, 9.17) is 4.74 Å². The van der Waals surface area contributed by atoms with Crippen LogP contribution in [0.4, 0.5) is 5.95 Å². The number of para-hydroxylation sites is 2. The van der Waals surface area contributed by atoms with Crippen LogP contribution in [0.1, 0.15) is 45.4 Å². The maximum Gasteiger partial charge on any atom is 0.226 e. The second kappa shape index (κ2) is 7.78. The van der Waals surface area contributed by atoms with Gasteiger partial charge in [0.1, 0.15) is 0 Å². The number of carbonyl (C=O) groups excluding carboxylic acids is 1. The number of fused-ring (bicyclic) bond motifs is 1. The molecule has 4 rings (SSSR count). The van der Waals surface area contributed by atoms with Gasteiger partial charge in [-0.1, -0.05) is 12.1 Å². The van der Waals surface area contributed by atoms with Gasteiger partial charge in [-0.25, -0.2) is 4.98 Å². The summed E-state index contributed by atoms with van der Waals surface area (Å²) in [5.74, 6) is 2.97. The number of anilines is 1. The predicted molar refractivity (Wildman–Crippen MR) is 103 cm³/mol. The fraction of sp³-hybridized carbons (Fsp3) is 0.619. The molecule has 0 unspecified atom stereocenters. The molecule has 1 aromatic carbocycles. The van der Waals surface area contributed by atoms with Crippen molar-refractivity contribution in [3.63, 3.8) is 0 Å². The highest BCUT2D eigenvalue weighted by atomic mass is 16.5. The Labute approximate surface area is 155 Å². The van der Waals surface area contributed by atoms with E-state index in [9.17, 15) is 4.79 Å². The zero-order chi connectivity index (χ0) is 17.9. The zero-order valence-electron chi connectivity index (χ0n) is 15.6. The van der Waals surface area contributed by atoms with Crippen molar-refractivity contribution in [3.8, 4) is 0 Å². The van der Waals surface area contributed by atoms with E-state index in [1.54, 1.807) is 0 Å². The van der Waals surface area contributed by atoms with E-state index in [0.717, 1.165) is 49.0 Å². The first-order chi connectivity index (χ1) is 12.8. The number of carbonyl (C=O) groups is 1. The summed E-state index contributed by atoms with van der Waals surface area (Å²) in [6.07, 6.45) is 6.80. The van der Waals surface area contributed by atoms with Crippen LogP contribution >= 0.6 is 0 Å². The first-order valence-corrected chi connectivity index (χ1v) is 10.1. The van der Waals surface area contributed by atoms with Crippen LogP contribution < -0.4 is 5.32 Å². The van der Waals surface area contributed by atoms with E-state index in [2.05, 4.69) is 20.9 Å². The van der Waals surface area contributed by atoms with Gasteiger partial charge in [-0.15, -0.1) is 0 Å². The summed E-state index contributed by atoms with van der Waals surface area (Å²) in [4.78, 5) is 17.4. The molecule has 0 saturated heterocycles. The SMILES string of the molecule is CCOCCCn1c(NC(=O)CC(C2CC2)C2CC2)nc2ccccc21. The number of aromatic nitrogens is 2. The number of nitrogens with zero attached hydrogens (tertiary/aromatic N) is 2. The molecule has 0 bridgehead atoms. The molecule has 0 spiro atoms. The third kappa shape index (κ3) is 4.09. The maximum absolute atomic E-state index is 12.7. The standard InChI is InChI=1S/C21H29N3O2/c1-2-26-13-5-12-24-19-7-4-3-6-18(19)22-21(24)23-20(25)14-17(15-8-9-15)16-10-11-16/h3-4,6-7,15-17H,2,5,8-14H2,1H3,(H,22,23,25). The summed E-state index contributed by atoms with van der Waals surface area (Å²) in [6, 6.07) is 8.07. The molecule has 2 aliphatic rings. The molecule has 1 amide bonds. The van der Waals surface area contributed by atoms with Crippen molar-refractivity contribution in [2.75, 3.05) is 18.5 Å². The van der Waals surface area contributed by atoms with Crippen molar-refractivity contribution in [1.82, 2.24) is 9.55 Å². The summed E-state index contributed by atoms with van der Waals surface area (Å²) in [5.41, 5.74) is 2.00. The number of nitrogens with one attached hydrogen (secondary N) is 1. The van der Waals surface area contributed by atoms with Crippen LogP contribution in [0.3, 0.4) is 0 Å². The number of amides is 1. The number of aryl methyl sites for hydroxylation is 1. The lowest BCUT2D eigenvalue weighted by Gasteiger charge is -2.15. The van der Waals surface area contributed by atoms with E-state index >= 15 is 0 Å². The Bertz CT molecular complexity index is 750.